The zero-order valence-corrected chi connectivity index (χ0v) is 9.06. The van der Waals surface area contributed by atoms with E-state index in [4.69, 9.17) is 15.3 Å². The van der Waals surface area contributed by atoms with Gasteiger partial charge in [-0.1, -0.05) is 0 Å². The molecule has 2 amide bonds. The van der Waals surface area contributed by atoms with E-state index in [9.17, 15) is 18.7 Å². The quantitative estimate of drug-likeness (QED) is 0.390. The van der Waals surface area contributed by atoms with Crippen molar-refractivity contribution in [3.8, 4) is 0 Å². The van der Waals surface area contributed by atoms with Crippen molar-refractivity contribution in [2.45, 2.75) is 24.4 Å². The predicted octanol–water partition coefficient (Wildman–Crippen LogP) is -2.20. The Labute approximate surface area is 100 Å². The predicted molar refractivity (Wildman–Crippen MR) is 53.1 cm³/mol. The maximum Gasteiger partial charge on any atom is 0.427 e. The lowest BCUT2D eigenvalue weighted by atomic mass is 10.1. The van der Waals surface area contributed by atoms with Gasteiger partial charge in [0.1, 0.15) is 18.1 Å². The Bertz CT molecular complexity index is 415. The third-order valence-electron chi connectivity index (χ3n) is 2.81. The molecule has 0 saturated carbocycles. The molecule has 0 bridgehead atoms. The molecular formula is C9H12F2N3O4+. The lowest BCUT2D eigenvalue weighted by Gasteiger charge is -2.25. The molecule has 4 atom stereocenters. The largest absolute Gasteiger partial charge is 0.427 e. The molecule has 9 heteroatoms. The summed E-state index contributed by atoms with van der Waals surface area (Å²) in [6.07, 6.45) is -3.38. The topological polar surface area (TPSA) is 107 Å². The molecule has 0 aromatic rings. The molecule has 18 heavy (non-hydrogen) atoms. The summed E-state index contributed by atoms with van der Waals surface area (Å²) in [6, 6.07) is -0.877. The Morgan fingerprint density at radius 1 is 1.61 bits per heavy atom. The fourth-order valence-corrected chi connectivity index (χ4v) is 1.86. The van der Waals surface area contributed by atoms with Crippen molar-refractivity contribution in [3.63, 3.8) is 0 Å². The van der Waals surface area contributed by atoms with Crippen LogP contribution in [0.25, 0.3) is 0 Å². The van der Waals surface area contributed by atoms with Crippen LogP contribution in [0.15, 0.2) is 12.3 Å². The summed E-state index contributed by atoms with van der Waals surface area (Å²) in [4.78, 5) is 11.1. The van der Waals surface area contributed by atoms with Crippen LogP contribution >= 0.6 is 0 Å². The van der Waals surface area contributed by atoms with Gasteiger partial charge < -0.3 is 14.9 Å². The Morgan fingerprint density at radius 3 is 2.78 bits per heavy atom. The van der Waals surface area contributed by atoms with Crippen LogP contribution in [-0.2, 0) is 4.74 Å². The summed E-state index contributed by atoms with van der Waals surface area (Å²) in [5.74, 6) is -3.89. The first-order valence-electron chi connectivity index (χ1n) is 5.15. The Kier molecular flexibility index (Phi) is 3.15. The molecule has 1 fully saturated rings. The summed E-state index contributed by atoms with van der Waals surface area (Å²) >= 11 is 0. The number of carbonyl (C=O) groups excluding carboxylic acids is 1. The van der Waals surface area contributed by atoms with E-state index in [0.29, 0.717) is 0 Å². The monoisotopic (exact) mass is 264 g/mol. The average molecular weight is 264 g/mol. The third-order valence-corrected chi connectivity index (χ3v) is 2.81. The highest BCUT2D eigenvalue weighted by Crippen LogP contribution is 2.33. The van der Waals surface area contributed by atoms with Crippen molar-refractivity contribution >= 4 is 11.9 Å². The zero-order valence-electron chi connectivity index (χ0n) is 9.06. The van der Waals surface area contributed by atoms with Crippen LogP contribution in [0, 0.1) is 5.41 Å². The Balaban J connectivity index is 2.26. The maximum absolute atomic E-state index is 13.7. The van der Waals surface area contributed by atoms with Gasteiger partial charge in [-0.15, -0.1) is 0 Å². The number of urea groups is 1. The van der Waals surface area contributed by atoms with E-state index in [1.807, 2.05) is 0 Å². The standard InChI is InChI=1S/C9H11F2N3O4/c10-9(11)6(16)4(3-15)18-7(9)14-2-1-5(12)13-8(14)17/h1-2,4,6-7,15-16H,3H2,(H2,12,13,17)/p+1/t4-,6?,7-/m1/s1. The number of nitrogens with one attached hydrogen (secondary N) is 3. The smallest absolute Gasteiger partial charge is 0.394 e. The number of quaternary nitrogens is 1. The minimum Gasteiger partial charge on any atom is -0.394 e. The highest BCUT2D eigenvalue weighted by Gasteiger charge is 2.64. The van der Waals surface area contributed by atoms with Gasteiger partial charge in [0.05, 0.1) is 6.61 Å². The summed E-state index contributed by atoms with van der Waals surface area (Å²) in [7, 11) is 0. The van der Waals surface area contributed by atoms with Gasteiger partial charge in [-0.25, -0.2) is 4.79 Å². The van der Waals surface area contributed by atoms with Gasteiger partial charge >= 0.3 is 12.0 Å². The minimum atomic E-state index is -3.68. The number of alkyl halides is 2. The number of amides is 2. The molecule has 2 aliphatic heterocycles. The SMILES string of the molecule is N=C1C=C[NH+]([C@@H]2O[C@H](CO)C(O)C2(F)F)C(=O)N1. The number of aliphatic hydroxyl groups excluding tert-OH is 2. The molecule has 5 N–H and O–H groups in total. The molecule has 2 rings (SSSR count). The van der Waals surface area contributed by atoms with Gasteiger partial charge in [0, 0.05) is 6.08 Å². The van der Waals surface area contributed by atoms with Gasteiger partial charge in [0.15, 0.2) is 6.10 Å². The average Bonchev–Trinajstić information content (AvgIpc) is 2.52. The molecule has 0 aromatic carbocycles. The second-order valence-corrected chi connectivity index (χ2v) is 4.01. The maximum atomic E-state index is 13.7. The van der Waals surface area contributed by atoms with Gasteiger partial charge in [0.2, 0.25) is 0 Å². The van der Waals surface area contributed by atoms with Crippen molar-refractivity contribution in [3.05, 3.63) is 12.3 Å². The first kappa shape index (κ1) is 13.0. The van der Waals surface area contributed by atoms with Crippen LogP contribution in [-0.4, -0.2) is 53.0 Å². The lowest BCUT2D eigenvalue weighted by molar-refractivity contribution is -0.830. The second kappa shape index (κ2) is 4.35. The van der Waals surface area contributed by atoms with E-state index in [1.54, 1.807) is 0 Å². The lowest BCUT2D eigenvalue weighted by Crippen LogP contribution is -3.18. The van der Waals surface area contributed by atoms with Crippen molar-refractivity contribution < 1.29 is 33.4 Å². The molecule has 0 radical (unpaired) electrons. The Morgan fingerprint density at radius 2 is 2.28 bits per heavy atom. The first-order valence-corrected chi connectivity index (χ1v) is 5.15. The minimum absolute atomic E-state index is 0.218. The van der Waals surface area contributed by atoms with Crippen LogP contribution < -0.4 is 10.2 Å². The molecule has 2 unspecified atom stereocenters. The number of ether oxygens (including phenoxy) is 1. The van der Waals surface area contributed by atoms with Crippen molar-refractivity contribution in [2.75, 3.05) is 6.61 Å². The molecule has 2 heterocycles. The van der Waals surface area contributed by atoms with Gasteiger partial charge in [-0.2, -0.15) is 13.7 Å². The van der Waals surface area contributed by atoms with E-state index < -0.39 is 37.0 Å². The number of amidine groups is 1. The highest BCUT2D eigenvalue weighted by atomic mass is 19.3. The van der Waals surface area contributed by atoms with Crippen LogP contribution in [0.4, 0.5) is 13.6 Å². The summed E-state index contributed by atoms with van der Waals surface area (Å²) < 4.78 is 32.3. The summed E-state index contributed by atoms with van der Waals surface area (Å²) in [6.45, 7) is -0.776. The van der Waals surface area contributed by atoms with Crippen LogP contribution in [0.5, 0.6) is 0 Å². The highest BCUT2D eigenvalue weighted by molar-refractivity contribution is 6.01. The number of aliphatic hydroxyl groups is 2. The van der Waals surface area contributed by atoms with E-state index in [1.165, 1.54) is 0 Å². The van der Waals surface area contributed by atoms with Crippen LogP contribution in [0.3, 0.4) is 0 Å². The van der Waals surface area contributed by atoms with E-state index >= 15 is 0 Å². The van der Waals surface area contributed by atoms with E-state index in [0.717, 1.165) is 12.3 Å². The van der Waals surface area contributed by atoms with Crippen molar-refractivity contribution in [1.82, 2.24) is 5.32 Å². The number of hydrogen-bond acceptors (Lipinski definition) is 5. The molecule has 0 aliphatic carbocycles. The molecular weight excluding hydrogens is 252 g/mol. The summed E-state index contributed by atoms with van der Waals surface area (Å²) in [5, 5.41) is 27.3. The molecule has 0 aromatic heterocycles. The molecule has 1 saturated heterocycles. The third kappa shape index (κ3) is 1.90. The van der Waals surface area contributed by atoms with Gasteiger partial charge in [0.25, 0.3) is 6.23 Å². The van der Waals surface area contributed by atoms with Gasteiger partial charge in [-0.05, 0) is 0 Å². The number of carbonyl (C=O) groups is 1. The first-order chi connectivity index (χ1) is 8.37. The van der Waals surface area contributed by atoms with Gasteiger partial charge in [-0.3, -0.25) is 10.7 Å². The fourth-order valence-electron chi connectivity index (χ4n) is 1.86. The van der Waals surface area contributed by atoms with E-state index in [-0.39, 0.29) is 10.7 Å². The molecule has 7 nitrogen and oxygen atoms in total. The normalized spacial score (nSPS) is 38.9. The fraction of sp³-hybridized carbons (Fsp3) is 0.556. The summed E-state index contributed by atoms with van der Waals surface area (Å²) in [5.41, 5.74) is 0. The van der Waals surface area contributed by atoms with Crippen molar-refractivity contribution in [1.29, 1.82) is 5.41 Å². The number of hydrogen-bond donors (Lipinski definition) is 5. The van der Waals surface area contributed by atoms with Crippen LogP contribution in [0.1, 0.15) is 0 Å². The molecule has 2 aliphatic rings. The van der Waals surface area contributed by atoms with E-state index in [2.05, 4.69) is 5.32 Å². The van der Waals surface area contributed by atoms with Crippen LogP contribution in [0.2, 0.25) is 0 Å². The second-order valence-electron chi connectivity index (χ2n) is 4.01. The number of halogens is 2. The molecule has 0 spiro atoms. The van der Waals surface area contributed by atoms with Crippen molar-refractivity contribution in [2.24, 2.45) is 0 Å². The Hall–Kier alpha value is -1.42. The number of rotatable bonds is 2. The molecule has 100 valence electrons. The zero-order chi connectivity index (χ0) is 13.5.